The molecule has 39 heavy (non-hydrogen) atoms. The molecule has 4 atom stereocenters. The molecule has 0 aliphatic carbocycles. The summed E-state index contributed by atoms with van der Waals surface area (Å²) in [4.78, 5) is 50.4. The van der Waals surface area contributed by atoms with Crippen LogP contribution < -0.4 is 14.8 Å². The Morgan fingerprint density at radius 1 is 0.846 bits per heavy atom. The molecule has 0 spiro atoms. The molecule has 10 nitrogen and oxygen atoms in total. The zero-order chi connectivity index (χ0) is 30.1. The van der Waals surface area contributed by atoms with Gasteiger partial charge in [-0.05, 0) is 56.7 Å². The molecule has 1 aromatic rings. The number of hydrogen-bond donors (Lipinski definition) is 2. The van der Waals surface area contributed by atoms with Crippen molar-refractivity contribution in [3.8, 4) is 11.5 Å². The summed E-state index contributed by atoms with van der Waals surface area (Å²) in [6.45, 7) is 17.8. The van der Waals surface area contributed by atoms with Crippen LogP contribution in [0.4, 0.5) is 4.79 Å². The van der Waals surface area contributed by atoms with E-state index >= 15 is 0 Å². The van der Waals surface area contributed by atoms with Gasteiger partial charge in [0.2, 0.25) is 0 Å². The minimum atomic E-state index is -2.18. The van der Waals surface area contributed by atoms with Crippen molar-refractivity contribution < 1.29 is 43.2 Å². The van der Waals surface area contributed by atoms with Crippen molar-refractivity contribution in [2.45, 2.75) is 99.9 Å². The molecule has 0 aliphatic rings. The van der Waals surface area contributed by atoms with Crippen LogP contribution >= 0.6 is 0 Å². The zero-order valence-corrected chi connectivity index (χ0v) is 24.8. The van der Waals surface area contributed by atoms with Crippen molar-refractivity contribution >= 4 is 24.1 Å². The van der Waals surface area contributed by atoms with Crippen molar-refractivity contribution in [2.75, 3.05) is 0 Å². The maximum Gasteiger partial charge on any atom is 0.510 e. The predicted octanol–water partition coefficient (Wildman–Crippen LogP) is 5.35. The summed E-state index contributed by atoms with van der Waals surface area (Å²) >= 11 is 0. The molecule has 10 heteroatoms. The molecule has 1 aromatic carbocycles. The highest BCUT2D eigenvalue weighted by atomic mass is 16.7. The van der Waals surface area contributed by atoms with Crippen molar-refractivity contribution in [2.24, 2.45) is 23.7 Å². The van der Waals surface area contributed by atoms with Gasteiger partial charge in [0, 0.05) is 12.5 Å². The highest BCUT2D eigenvalue weighted by molar-refractivity contribution is 5.81. The van der Waals surface area contributed by atoms with Crippen LogP contribution in [0.5, 0.6) is 11.5 Å². The second-order valence-electron chi connectivity index (χ2n) is 11.0. The number of esters is 2. The first-order chi connectivity index (χ1) is 18.0. The molecule has 0 fully saturated rings. The van der Waals surface area contributed by atoms with E-state index in [-0.39, 0.29) is 35.8 Å². The number of nitrogens with one attached hydrogen (secondary N) is 1. The third-order valence-corrected chi connectivity index (χ3v) is 6.65. The normalized spacial score (nSPS) is 15.3. The van der Waals surface area contributed by atoms with Crippen molar-refractivity contribution in [3.05, 3.63) is 23.8 Å². The van der Waals surface area contributed by atoms with Gasteiger partial charge in [0.05, 0.1) is 17.9 Å². The summed E-state index contributed by atoms with van der Waals surface area (Å²) in [5, 5.41) is 13.1. The summed E-state index contributed by atoms with van der Waals surface area (Å²) in [5.74, 6) is -3.33. The number of carboxylic acids is 1. The first-order valence-electron chi connectivity index (χ1n) is 13.5. The molecule has 0 saturated carbocycles. The molecular formula is C29H45NO9. The maximum atomic E-state index is 12.8. The Bertz CT molecular complexity index is 1000. The number of carboxylic acid groups (broad SMARTS) is 1. The Hall–Kier alpha value is -3.14. The lowest BCUT2D eigenvalue weighted by Gasteiger charge is -2.33. The second-order valence-corrected chi connectivity index (χ2v) is 11.0. The molecule has 2 N–H and O–H groups in total. The average Bonchev–Trinajstić information content (AvgIpc) is 2.83. The smallest absolute Gasteiger partial charge is 0.477 e. The fourth-order valence-corrected chi connectivity index (χ4v) is 3.22. The fraction of sp³-hybridized carbons (Fsp3) is 0.655. The highest BCUT2D eigenvalue weighted by Crippen LogP contribution is 2.33. The number of ether oxygens (including phenoxy) is 4. The van der Waals surface area contributed by atoms with Gasteiger partial charge >= 0.3 is 24.1 Å². The van der Waals surface area contributed by atoms with E-state index in [2.05, 4.69) is 5.32 Å². The van der Waals surface area contributed by atoms with E-state index in [1.165, 1.54) is 18.2 Å². The molecule has 0 saturated heterocycles. The highest BCUT2D eigenvalue weighted by Gasteiger charge is 2.45. The van der Waals surface area contributed by atoms with E-state index in [0.717, 1.165) is 0 Å². The Balaban J connectivity index is 3.55. The number of rotatable bonds is 14. The third-order valence-electron chi connectivity index (χ3n) is 6.65. The monoisotopic (exact) mass is 551 g/mol. The van der Waals surface area contributed by atoms with E-state index < -0.39 is 47.7 Å². The molecule has 0 aromatic heterocycles. The van der Waals surface area contributed by atoms with Crippen LogP contribution in [-0.4, -0.2) is 47.0 Å². The largest absolute Gasteiger partial charge is 0.510 e. The zero-order valence-electron chi connectivity index (χ0n) is 24.8. The number of carbonyl (C=O) groups excluding carboxylic acids is 3. The Morgan fingerprint density at radius 3 is 1.79 bits per heavy atom. The lowest BCUT2D eigenvalue weighted by Crippen LogP contribution is -2.59. The van der Waals surface area contributed by atoms with Crippen LogP contribution in [0.3, 0.4) is 0 Å². The minimum absolute atomic E-state index is 0.00703. The molecule has 0 radical (unpaired) electrons. The van der Waals surface area contributed by atoms with Gasteiger partial charge in [0.1, 0.15) is 0 Å². The molecular weight excluding hydrogens is 506 g/mol. The summed E-state index contributed by atoms with van der Waals surface area (Å²) in [6, 6.07) is 4.04. The van der Waals surface area contributed by atoms with Gasteiger partial charge in [-0.15, -0.1) is 0 Å². The van der Waals surface area contributed by atoms with E-state index in [1.54, 1.807) is 34.6 Å². The van der Waals surface area contributed by atoms with E-state index in [0.29, 0.717) is 12.0 Å². The van der Waals surface area contributed by atoms with Crippen LogP contribution in [0.25, 0.3) is 0 Å². The molecule has 0 heterocycles. The first kappa shape index (κ1) is 33.9. The predicted molar refractivity (Wildman–Crippen MR) is 145 cm³/mol. The van der Waals surface area contributed by atoms with Crippen LogP contribution in [0.15, 0.2) is 18.2 Å². The fourth-order valence-electron chi connectivity index (χ4n) is 3.22. The Labute approximate surface area is 231 Å². The SMILES string of the molecule is CCC(C)N[C@@](Cc1ccc(OC(=O)C(C)C(C)C)c(OC(=O)C(C)C(C)C)c1)(OC(=O)OC(C)C)C(=O)O. The lowest BCUT2D eigenvalue weighted by molar-refractivity contribution is -0.167. The molecule has 0 amide bonds. The van der Waals surface area contributed by atoms with Gasteiger partial charge in [-0.1, -0.05) is 54.5 Å². The van der Waals surface area contributed by atoms with Gasteiger partial charge in [-0.2, -0.15) is 0 Å². The maximum absolute atomic E-state index is 12.8. The Kier molecular flexibility index (Phi) is 12.9. The lowest BCUT2D eigenvalue weighted by atomic mass is 9.98. The van der Waals surface area contributed by atoms with Crippen LogP contribution in [0.1, 0.15) is 81.2 Å². The number of hydrogen-bond acceptors (Lipinski definition) is 9. The minimum Gasteiger partial charge on any atom is -0.477 e. The number of carbonyl (C=O) groups is 4. The van der Waals surface area contributed by atoms with Gasteiger partial charge in [-0.3, -0.25) is 14.9 Å². The average molecular weight is 552 g/mol. The first-order valence-corrected chi connectivity index (χ1v) is 13.5. The molecule has 3 unspecified atom stereocenters. The van der Waals surface area contributed by atoms with Gasteiger partial charge in [-0.25, -0.2) is 9.59 Å². The van der Waals surface area contributed by atoms with E-state index in [9.17, 15) is 24.3 Å². The van der Waals surface area contributed by atoms with Gasteiger partial charge < -0.3 is 24.1 Å². The molecule has 0 bridgehead atoms. The second kappa shape index (κ2) is 14.9. The standard InChI is InChI=1S/C29H45NO9/c1-11-19(8)30-29(27(33)34,39-28(35)36-18(6)7)15-22-12-13-23(37-25(31)20(9)16(2)3)24(14-22)38-26(32)21(10)17(4)5/h12-14,16-21,30H,11,15H2,1-10H3,(H,33,34)/t19?,20?,21?,29-/m0/s1. The summed E-state index contributed by atoms with van der Waals surface area (Å²) in [5.41, 5.74) is -1.83. The Morgan fingerprint density at radius 2 is 1.36 bits per heavy atom. The quantitative estimate of drug-likeness (QED) is 0.177. The summed E-state index contributed by atoms with van der Waals surface area (Å²) in [7, 11) is 0. The topological polar surface area (TPSA) is 137 Å². The molecule has 0 aliphatic heterocycles. The summed E-state index contributed by atoms with van der Waals surface area (Å²) in [6.07, 6.45) is -1.45. The van der Waals surface area contributed by atoms with E-state index in [1.807, 2.05) is 34.6 Å². The van der Waals surface area contributed by atoms with Gasteiger partial charge in [0.15, 0.2) is 11.5 Å². The molecule has 1 rings (SSSR count). The number of aliphatic carboxylic acids is 1. The van der Waals surface area contributed by atoms with Crippen LogP contribution in [0.2, 0.25) is 0 Å². The summed E-state index contributed by atoms with van der Waals surface area (Å²) < 4.78 is 21.6. The van der Waals surface area contributed by atoms with Crippen LogP contribution in [0, 0.1) is 23.7 Å². The van der Waals surface area contributed by atoms with Crippen molar-refractivity contribution in [3.63, 3.8) is 0 Å². The third kappa shape index (κ3) is 10.2. The molecule has 220 valence electrons. The van der Waals surface area contributed by atoms with Gasteiger partial charge in [0.25, 0.3) is 5.72 Å². The number of benzene rings is 1. The van der Waals surface area contributed by atoms with Crippen LogP contribution in [-0.2, 0) is 30.3 Å². The van der Waals surface area contributed by atoms with E-state index in [4.69, 9.17) is 18.9 Å². The van der Waals surface area contributed by atoms with Crippen molar-refractivity contribution in [1.82, 2.24) is 5.32 Å². The van der Waals surface area contributed by atoms with Crippen molar-refractivity contribution in [1.29, 1.82) is 0 Å².